The predicted octanol–water partition coefficient (Wildman–Crippen LogP) is 2.78. The minimum atomic E-state index is 0.363. The Bertz CT molecular complexity index is 356. The normalized spacial score (nSPS) is 26.5. The lowest BCUT2D eigenvalue weighted by atomic mass is 10.0. The Morgan fingerprint density at radius 2 is 1.88 bits per heavy atom. The molecule has 2 nitrogen and oxygen atoms in total. The maximum absolute atomic E-state index is 5.79. The van der Waals surface area contributed by atoms with Crippen LogP contribution in [0.3, 0.4) is 0 Å². The van der Waals surface area contributed by atoms with E-state index in [0.717, 1.165) is 18.9 Å². The molecule has 88 valence electrons. The van der Waals surface area contributed by atoms with E-state index >= 15 is 0 Å². The van der Waals surface area contributed by atoms with Gasteiger partial charge in [0.25, 0.3) is 0 Å². The van der Waals surface area contributed by atoms with Gasteiger partial charge in [0.15, 0.2) is 0 Å². The SMILES string of the molecule is CCOc1ccc([C@H]2[C@H](CN)C2(C)C)cc1. The van der Waals surface area contributed by atoms with Crippen molar-refractivity contribution in [1.29, 1.82) is 0 Å². The van der Waals surface area contributed by atoms with Crippen LogP contribution in [0.5, 0.6) is 5.75 Å². The molecule has 1 saturated carbocycles. The van der Waals surface area contributed by atoms with Gasteiger partial charge < -0.3 is 10.5 Å². The summed E-state index contributed by atoms with van der Waals surface area (Å²) in [5, 5.41) is 0. The van der Waals surface area contributed by atoms with Gasteiger partial charge in [0.05, 0.1) is 6.61 Å². The van der Waals surface area contributed by atoms with Crippen molar-refractivity contribution in [2.24, 2.45) is 17.1 Å². The van der Waals surface area contributed by atoms with Gasteiger partial charge in [-0.1, -0.05) is 26.0 Å². The summed E-state index contributed by atoms with van der Waals surface area (Å²) in [6, 6.07) is 8.46. The highest BCUT2D eigenvalue weighted by Gasteiger charge is 2.57. The number of hydrogen-bond acceptors (Lipinski definition) is 2. The van der Waals surface area contributed by atoms with E-state index in [4.69, 9.17) is 10.5 Å². The van der Waals surface area contributed by atoms with E-state index in [1.807, 2.05) is 6.92 Å². The number of rotatable bonds is 4. The van der Waals surface area contributed by atoms with Gasteiger partial charge >= 0.3 is 0 Å². The van der Waals surface area contributed by atoms with Crippen molar-refractivity contribution < 1.29 is 4.74 Å². The van der Waals surface area contributed by atoms with Crippen molar-refractivity contribution in [2.75, 3.05) is 13.2 Å². The first-order valence-corrected chi connectivity index (χ1v) is 6.04. The maximum atomic E-state index is 5.79. The Morgan fingerprint density at radius 1 is 1.25 bits per heavy atom. The Morgan fingerprint density at radius 3 is 2.31 bits per heavy atom. The van der Waals surface area contributed by atoms with E-state index in [1.54, 1.807) is 0 Å². The fourth-order valence-electron chi connectivity index (χ4n) is 2.78. The average Bonchev–Trinajstić information content (AvgIpc) is 2.82. The molecular weight excluding hydrogens is 198 g/mol. The summed E-state index contributed by atoms with van der Waals surface area (Å²) in [6.07, 6.45) is 0. The second-order valence-corrected chi connectivity index (χ2v) is 5.14. The maximum Gasteiger partial charge on any atom is 0.119 e. The zero-order valence-corrected chi connectivity index (χ0v) is 10.4. The standard InChI is InChI=1S/C14H21NO/c1-4-16-11-7-5-10(6-8-11)13-12(9-15)14(13,2)3/h5-8,12-13H,4,9,15H2,1-3H3/t12-,13-/m0/s1. The van der Waals surface area contributed by atoms with E-state index in [0.29, 0.717) is 17.3 Å². The smallest absolute Gasteiger partial charge is 0.119 e. The van der Waals surface area contributed by atoms with Crippen LogP contribution in [0.4, 0.5) is 0 Å². The van der Waals surface area contributed by atoms with Crippen LogP contribution in [0, 0.1) is 11.3 Å². The minimum Gasteiger partial charge on any atom is -0.494 e. The van der Waals surface area contributed by atoms with E-state index in [-0.39, 0.29) is 0 Å². The molecule has 0 saturated heterocycles. The largest absolute Gasteiger partial charge is 0.494 e. The van der Waals surface area contributed by atoms with Gasteiger partial charge in [0.1, 0.15) is 5.75 Å². The first-order valence-electron chi connectivity index (χ1n) is 6.04. The van der Waals surface area contributed by atoms with Crippen LogP contribution < -0.4 is 10.5 Å². The Balaban J connectivity index is 2.12. The summed E-state index contributed by atoms with van der Waals surface area (Å²) < 4.78 is 5.44. The molecular formula is C14H21NO. The molecule has 0 bridgehead atoms. The minimum absolute atomic E-state index is 0.363. The van der Waals surface area contributed by atoms with Gasteiger partial charge in [-0.05, 0) is 48.4 Å². The zero-order valence-electron chi connectivity index (χ0n) is 10.4. The van der Waals surface area contributed by atoms with Crippen LogP contribution in [0.15, 0.2) is 24.3 Å². The molecule has 0 unspecified atom stereocenters. The lowest BCUT2D eigenvalue weighted by molar-refractivity contribution is 0.340. The molecule has 1 aromatic carbocycles. The summed E-state index contributed by atoms with van der Waals surface area (Å²) >= 11 is 0. The second kappa shape index (κ2) is 4.10. The predicted molar refractivity (Wildman–Crippen MR) is 66.7 cm³/mol. The van der Waals surface area contributed by atoms with Gasteiger partial charge in [-0.2, -0.15) is 0 Å². The van der Waals surface area contributed by atoms with Crippen molar-refractivity contribution in [2.45, 2.75) is 26.7 Å². The fourth-order valence-corrected chi connectivity index (χ4v) is 2.78. The highest BCUT2D eigenvalue weighted by Crippen LogP contribution is 2.63. The monoisotopic (exact) mass is 219 g/mol. The third-order valence-electron chi connectivity index (χ3n) is 3.85. The van der Waals surface area contributed by atoms with Crippen LogP contribution in [0.1, 0.15) is 32.3 Å². The van der Waals surface area contributed by atoms with E-state index < -0.39 is 0 Å². The van der Waals surface area contributed by atoms with E-state index in [9.17, 15) is 0 Å². The van der Waals surface area contributed by atoms with Gasteiger partial charge in [-0.3, -0.25) is 0 Å². The Kier molecular flexibility index (Phi) is 2.94. The van der Waals surface area contributed by atoms with E-state index in [2.05, 4.69) is 38.1 Å². The molecule has 0 aliphatic heterocycles. The van der Waals surface area contributed by atoms with Crippen molar-refractivity contribution in [3.63, 3.8) is 0 Å². The molecule has 2 atom stereocenters. The van der Waals surface area contributed by atoms with Crippen LogP contribution in [0.2, 0.25) is 0 Å². The zero-order chi connectivity index (χ0) is 11.8. The van der Waals surface area contributed by atoms with Crippen molar-refractivity contribution in [1.82, 2.24) is 0 Å². The van der Waals surface area contributed by atoms with Crippen molar-refractivity contribution in [3.8, 4) is 5.75 Å². The molecule has 0 aromatic heterocycles. The first-order chi connectivity index (χ1) is 7.61. The molecule has 2 heteroatoms. The number of ether oxygens (including phenoxy) is 1. The first kappa shape index (κ1) is 11.5. The highest BCUT2D eigenvalue weighted by molar-refractivity contribution is 5.36. The Hall–Kier alpha value is -1.02. The molecule has 1 aliphatic rings. The summed E-state index contributed by atoms with van der Waals surface area (Å²) in [7, 11) is 0. The third kappa shape index (κ3) is 1.82. The van der Waals surface area contributed by atoms with Gasteiger partial charge in [-0.25, -0.2) is 0 Å². The number of hydrogen-bond donors (Lipinski definition) is 1. The second-order valence-electron chi connectivity index (χ2n) is 5.14. The highest BCUT2D eigenvalue weighted by atomic mass is 16.5. The van der Waals surface area contributed by atoms with Gasteiger partial charge in [0, 0.05) is 0 Å². The number of nitrogens with two attached hydrogens (primary N) is 1. The van der Waals surface area contributed by atoms with Gasteiger partial charge in [0.2, 0.25) is 0 Å². The third-order valence-corrected chi connectivity index (χ3v) is 3.85. The van der Waals surface area contributed by atoms with Crippen LogP contribution in [-0.4, -0.2) is 13.2 Å². The number of benzene rings is 1. The molecule has 1 fully saturated rings. The van der Waals surface area contributed by atoms with Crippen LogP contribution in [-0.2, 0) is 0 Å². The van der Waals surface area contributed by atoms with Crippen molar-refractivity contribution in [3.05, 3.63) is 29.8 Å². The lowest BCUT2D eigenvalue weighted by Crippen LogP contribution is -2.05. The molecule has 1 aliphatic carbocycles. The fraction of sp³-hybridized carbons (Fsp3) is 0.571. The molecule has 16 heavy (non-hydrogen) atoms. The lowest BCUT2D eigenvalue weighted by Gasteiger charge is -2.06. The summed E-state index contributed by atoms with van der Waals surface area (Å²) in [4.78, 5) is 0. The summed E-state index contributed by atoms with van der Waals surface area (Å²) in [5.74, 6) is 2.20. The summed E-state index contributed by atoms with van der Waals surface area (Å²) in [6.45, 7) is 8.10. The topological polar surface area (TPSA) is 35.2 Å². The molecule has 1 aromatic rings. The molecule has 0 heterocycles. The average molecular weight is 219 g/mol. The van der Waals surface area contributed by atoms with E-state index in [1.165, 1.54) is 5.56 Å². The summed E-state index contributed by atoms with van der Waals surface area (Å²) in [5.41, 5.74) is 7.55. The molecule has 0 amide bonds. The molecule has 0 radical (unpaired) electrons. The van der Waals surface area contributed by atoms with Crippen LogP contribution >= 0.6 is 0 Å². The van der Waals surface area contributed by atoms with Crippen molar-refractivity contribution >= 4 is 0 Å². The molecule has 2 rings (SSSR count). The Labute approximate surface area is 97.8 Å². The molecule has 0 spiro atoms. The van der Waals surface area contributed by atoms with Gasteiger partial charge in [-0.15, -0.1) is 0 Å². The quantitative estimate of drug-likeness (QED) is 0.845. The van der Waals surface area contributed by atoms with Crippen LogP contribution in [0.25, 0.3) is 0 Å². The molecule has 2 N–H and O–H groups in total.